The van der Waals surface area contributed by atoms with Gasteiger partial charge in [0, 0.05) is 24.7 Å². The fraction of sp³-hybridized carbons (Fsp3) is 0.462. The molecule has 1 spiro atoms. The average Bonchev–Trinajstić information content (AvgIpc) is 3.43. The topological polar surface area (TPSA) is 227 Å². The molecule has 2 amide bonds. The number of ether oxygens (including phenoxy) is 1. The summed E-state index contributed by atoms with van der Waals surface area (Å²) in [7, 11) is 0. The van der Waals surface area contributed by atoms with Crippen LogP contribution in [0, 0.1) is 0 Å². The molecule has 15 heteroatoms. The first-order valence-corrected chi connectivity index (χ1v) is 13.4. The second-order valence-electron chi connectivity index (χ2n) is 11.4. The summed E-state index contributed by atoms with van der Waals surface area (Å²) in [6, 6.07) is 4.59. The maximum absolute atomic E-state index is 13.5. The number of nitrogens with one attached hydrogen (secondary N) is 5. The van der Waals surface area contributed by atoms with Crippen molar-refractivity contribution in [1.29, 1.82) is 0 Å². The highest BCUT2D eigenvalue weighted by molar-refractivity contribution is 5.98. The lowest BCUT2D eigenvalue weighted by Gasteiger charge is -2.43. The molecule has 4 aliphatic heterocycles. The van der Waals surface area contributed by atoms with Crippen LogP contribution in [0.25, 0.3) is 0 Å². The van der Waals surface area contributed by atoms with Crippen LogP contribution >= 0.6 is 0 Å². The van der Waals surface area contributed by atoms with Crippen molar-refractivity contribution in [1.82, 2.24) is 31.0 Å². The number of guanidine groups is 2. The molecule has 10 N–H and O–H groups in total. The highest BCUT2D eigenvalue weighted by Crippen LogP contribution is 2.41. The lowest BCUT2D eigenvalue weighted by atomic mass is 9.79. The van der Waals surface area contributed by atoms with Crippen LogP contribution in [-0.2, 0) is 5.41 Å². The average molecular weight is 566 g/mol. The van der Waals surface area contributed by atoms with Crippen LogP contribution in [0.3, 0.4) is 0 Å². The Bertz CT molecular complexity index is 1540. The summed E-state index contributed by atoms with van der Waals surface area (Å²) in [6.07, 6.45) is 0.719. The van der Waals surface area contributed by atoms with E-state index in [-0.39, 0.29) is 42.0 Å². The van der Waals surface area contributed by atoms with Crippen LogP contribution in [0.1, 0.15) is 46.7 Å². The lowest BCUT2D eigenvalue weighted by molar-refractivity contribution is -0.513. The predicted molar refractivity (Wildman–Crippen MR) is 146 cm³/mol. The maximum atomic E-state index is 13.5. The molecule has 41 heavy (non-hydrogen) atoms. The number of aromatic nitrogens is 2. The van der Waals surface area contributed by atoms with Crippen molar-refractivity contribution in [3.63, 3.8) is 0 Å². The third-order valence-corrected chi connectivity index (χ3v) is 8.40. The number of aliphatic imine (C=N–C) groups is 1. The Morgan fingerprint density at radius 3 is 2.88 bits per heavy atom. The van der Waals surface area contributed by atoms with Crippen molar-refractivity contribution >= 4 is 23.7 Å². The first kappa shape index (κ1) is 26.6. The number of aromatic amines is 1. The zero-order valence-corrected chi connectivity index (χ0v) is 22.6. The van der Waals surface area contributed by atoms with E-state index in [0.717, 1.165) is 24.2 Å². The third kappa shape index (κ3) is 4.23. The molecular weight excluding hydrogens is 532 g/mol. The molecule has 0 saturated carbocycles. The number of benzene rings is 1. The fourth-order valence-electron chi connectivity index (χ4n) is 6.27. The van der Waals surface area contributed by atoms with Gasteiger partial charge in [-0.1, -0.05) is 26.0 Å². The van der Waals surface area contributed by atoms with Crippen LogP contribution < -0.4 is 42.6 Å². The monoisotopic (exact) mass is 565 g/mol. The van der Waals surface area contributed by atoms with Crippen molar-refractivity contribution in [3.05, 3.63) is 57.5 Å². The van der Waals surface area contributed by atoms with Crippen LogP contribution in [-0.4, -0.2) is 93.5 Å². The van der Waals surface area contributed by atoms with Crippen molar-refractivity contribution < 1.29 is 24.4 Å². The van der Waals surface area contributed by atoms with E-state index in [1.807, 2.05) is 12.1 Å². The highest BCUT2D eigenvalue weighted by atomic mass is 16.5. The van der Waals surface area contributed by atoms with Gasteiger partial charge in [-0.15, -0.1) is 0 Å². The summed E-state index contributed by atoms with van der Waals surface area (Å²) < 4.78 is 5.92. The third-order valence-electron chi connectivity index (χ3n) is 8.40. The summed E-state index contributed by atoms with van der Waals surface area (Å²) in [4.78, 5) is 47.1. The molecule has 5 heterocycles. The van der Waals surface area contributed by atoms with Crippen molar-refractivity contribution in [2.24, 2.45) is 16.5 Å². The number of carbonyl (C=O) groups excluding carboxylic acids is 2. The Morgan fingerprint density at radius 1 is 1.29 bits per heavy atom. The molecule has 1 aromatic heterocycles. The Labute approximate surface area is 234 Å². The number of aliphatic hydroxyl groups excluding tert-OH is 1. The summed E-state index contributed by atoms with van der Waals surface area (Å²) >= 11 is 0. The van der Waals surface area contributed by atoms with Gasteiger partial charge in [-0.05, 0) is 17.9 Å². The van der Waals surface area contributed by atoms with E-state index in [2.05, 4.69) is 50.0 Å². The molecule has 1 fully saturated rings. The first-order chi connectivity index (χ1) is 19.5. The van der Waals surface area contributed by atoms with E-state index in [1.165, 1.54) is 0 Å². The van der Waals surface area contributed by atoms with Crippen molar-refractivity contribution in [2.75, 3.05) is 19.7 Å². The molecule has 1 unspecified atom stereocenters. The standard InChI is InChI=1S/C26H32N10O5/c1-25(2)6-7-41-18-13(4-3-5-14(18)25)21(39)31-17-11-36-24(28)32-16(19-26(36,20(17)38)34-23(27)33-19)10-29-22(40)15-8-12(37)9-30-35-15/h3-5,8-9,16-17,19-20,38H,6-7,10-11H2,1-2H3,(H2,28,32)(H,29,40)(H,31,39)(H,35,37)(H3,27,33,34)/p+1/t16-,17+,19-,20+,26?/m0/s1. The normalized spacial score (nSPS) is 29.1. The minimum absolute atomic E-state index is 0.00565. The van der Waals surface area contributed by atoms with Crippen molar-refractivity contribution in [3.8, 4) is 5.75 Å². The molecule has 5 atom stereocenters. The van der Waals surface area contributed by atoms with Gasteiger partial charge in [0.15, 0.2) is 12.0 Å². The Morgan fingerprint density at radius 2 is 2.10 bits per heavy atom. The van der Waals surface area contributed by atoms with Gasteiger partial charge in [-0.3, -0.25) is 30.2 Å². The Hall–Kier alpha value is -4.66. The van der Waals surface area contributed by atoms with Gasteiger partial charge in [-0.25, -0.2) is 10.3 Å². The zero-order valence-electron chi connectivity index (χ0n) is 22.6. The molecule has 1 saturated heterocycles. The number of aliphatic hydroxyl groups is 1. The molecule has 0 radical (unpaired) electrons. The van der Waals surface area contributed by atoms with Gasteiger partial charge in [0.1, 0.15) is 23.6 Å². The number of amides is 2. The quantitative estimate of drug-likeness (QED) is 0.174. The van der Waals surface area contributed by atoms with Gasteiger partial charge in [-0.2, -0.15) is 5.10 Å². The minimum Gasteiger partial charge on any atom is -0.492 e. The molecule has 6 rings (SSSR count). The fourth-order valence-corrected chi connectivity index (χ4v) is 6.27. The number of hydrogen-bond acceptors (Lipinski definition) is 11. The molecule has 0 bridgehead atoms. The maximum Gasteiger partial charge on any atom is 0.343 e. The summed E-state index contributed by atoms with van der Waals surface area (Å²) in [5.74, 6) is -0.0948. The zero-order chi connectivity index (χ0) is 29.1. The minimum atomic E-state index is -1.25. The van der Waals surface area contributed by atoms with Crippen LogP contribution in [0.15, 0.2) is 40.2 Å². The predicted octanol–water partition coefficient (Wildman–Crippen LogP) is -4.20. The molecular formula is C26H33N10O5+. The van der Waals surface area contributed by atoms with E-state index >= 15 is 0 Å². The number of fused-ring (bicyclic) bond motifs is 1. The first-order valence-electron chi connectivity index (χ1n) is 13.4. The van der Waals surface area contributed by atoms with E-state index in [9.17, 15) is 19.5 Å². The molecule has 4 aliphatic rings. The number of H-pyrrole nitrogens is 1. The molecule has 1 aromatic carbocycles. The van der Waals surface area contributed by atoms with Gasteiger partial charge >= 0.3 is 5.96 Å². The Kier molecular flexibility index (Phi) is 6.13. The number of carbonyl (C=O) groups is 2. The van der Waals surface area contributed by atoms with E-state index in [0.29, 0.717) is 17.9 Å². The van der Waals surface area contributed by atoms with Gasteiger partial charge in [0.2, 0.25) is 11.1 Å². The van der Waals surface area contributed by atoms with E-state index in [4.69, 9.17) is 16.2 Å². The number of nitrogens with two attached hydrogens (primary N) is 2. The number of rotatable bonds is 5. The van der Waals surface area contributed by atoms with E-state index in [1.54, 1.807) is 11.0 Å². The second kappa shape index (κ2) is 9.47. The Balaban J connectivity index is 1.23. The smallest absolute Gasteiger partial charge is 0.343 e. The van der Waals surface area contributed by atoms with Gasteiger partial charge in [0.25, 0.3) is 11.8 Å². The lowest BCUT2D eigenvalue weighted by Crippen LogP contribution is -2.88. The number of para-hydroxylation sites is 1. The molecule has 15 nitrogen and oxygen atoms in total. The van der Waals surface area contributed by atoms with Crippen LogP contribution in [0.5, 0.6) is 5.75 Å². The number of nitrogens with zero attached hydrogens (tertiary/aromatic N) is 3. The number of hydrogen-bond donors (Lipinski definition) is 8. The summed E-state index contributed by atoms with van der Waals surface area (Å²) in [5.41, 5.74) is 12.1. The van der Waals surface area contributed by atoms with Crippen molar-refractivity contribution in [2.45, 2.75) is 55.6 Å². The highest BCUT2D eigenvalue weighted by Gasteiger charge is 2.68. The summed E-state index contributed by atoms with van der Waals surface area (Å²) in [5, 5.41) is 26.6. The molecule has 216 valence electrons. The van der Waals surface area contributed by atoms with E-state index < -0.39 is 41.2 Å². The van der Waals surface area contributed by atoms with Crippen LogP contribution in [0.4, 0.5) is 0 Å². The molecule has 2 aromatic rings. The molecule has 0 aliphatic carbocycles. The second-order valence-corrected chi connectivity index (χ2v) is 11.4. The largest absolute Gasteiger partial charge is 0.492 e. The SMILES string of the molecule is CC1(C)CCOc2c(C(=O)N[C@@H]3CN4C(N)=N[C@@H](CNC(=O)c5cc(=O)cn[nH]5)[C@@H]5[NH+]=C(N)NC54[C@@H]3O)cccc21. The van der Waals surface area contributed by atoms with Gasteiger partial charge in [0.05, 0.1) is 24.4 Å². The van der Waals surface area contributed by atoms with Gasteiger partial charge < -0.3 is 31.1 Å². The van der Waals surface area contributed by atoms with Crippen LogP contribution in [0.2, 0.25) is 0 Å². The summed E-state index contributed by atoms with van der Waals surface area (Å²) in [6.45, 7) is 4.89.